The van der Waals surface area contributed by atoms with Crippen LogP contribution in [0.3, 0.4) is 0 Å². The van der Waals surface area contributed by atoms with Gasteiger partial charge in [-0.3, -0.25) is 9.59 Å². The number of fused-ring (bicyclic) bond motifs is 1. The van der Waals surface area contributed by atoms with Crippen molar-refractivity contribution in [3.63, 3.8) is 0 Å². The van der Waals surface area contributed by atoms with Crippen molar-refractivity contribution in [1.82, 2.24) is 0 Å². The molecule has 2 rings (SSSR count). The van der Waals surface area contributed by atoms with Crippen molar-refractivity contribution < 1.29 is 23.8 Å². The summed E-state index contributed by atoms with van der Waals surface area (Å²) in [5, 5.41) is 9.96. The minimum atomic E-state index is -1.02. The number of ether oxygens (including phenoxy) is 1. The molecule has 0 spiro atoms. The summed E-state index contributed by atoms with van der Waals surface area (Å²) in [6.45, 7) is 4.84. The van der Waals surface area contributed by atoms with Crippen molar-refractivity contribution in [2.45, 2.75) is 13.3 Å². The highest BCUT2D eigenvalue weighted by molar-refractivity contribution is 5.95. The number of aliphatic carboxylic acids is 1. The molecule has 2 aromatic rings. The summed E-state index contributed by atoms with van der Waals surface area (Å²) >= 11 is 0. The average molecular weight is 288 g/mol. The van der Waals surface area contributed by atoms with Crippen molar-refractivity contribution in [2.75, 3.05) is 0 Å². The molecular formula is C16H13FO4. The van der Waals surface area contributed by atoms with Crippen molar-refractivity contribution in [2.24, 2.45) is 0 Å². The molecule has 5 heteroatoms. The Bertz CT molecular complexity index is 750. The van der Waals surface area contributed by atoms with Crippen LogP contribution in [-0.4, -0.2) is 17.0 Å². The highest BCUT2D eigenvalue weighted by Gasteiger charge is 2.16. The zero-order valence-electron chi connectivity index (χ0n) is 11.4. The van der Waals surface area contributed by atoms with Gasteiger partial charge >= 0.3 is 11.9 Å². The second-order valence-electron chi connectivity index (χ2n) is 4.51. The molecule has 0 bridgehead atoms. The van der Waals surface area contributed by atoms with Gasteiger partial charge < -0.3 is 9.84 Å². The summed E-state index contributed by atoms with van der Waals surface area (Å²) in [6.07, 6.45) is 1.16. The molecule has 0 saturated heterocycles. The van der Waals surface area contributed by atoms with Gasteiger partial charge in [0.2, 0.25) is 0 Å². The van der Waals surface area contributed by atoms with Gasteiger partial charge in [-0.15, -0.1) is 0 Å². The molecule has 2 aromatic carbocycles. The van der Waals surface area contributed by atoms with Crippen LogP contribution >= 0.6 is 0 Å². The van der Waals surface area contributed by atoms with Gasteiger partial charge in [0.05, 0.1) is 6.42 Å². The second-order valence-corrected chi connectivity index (χ2v) is 4.51. The largest absolute Gasteiger partial charge is 0.481 e. The second kappa shape index (κ2) is 5.75. The summed E-state index contributed by atoms with van der Waals surface area (Å²) in [5.41, 5.74) is 0.832. The van der Waals surface area contributed by atoms with E-state index in [4.69, 9.17) is 9.84 Å². The van der Waals surface area contributed by atoms with E-state index in [2.05, 4.69) is 6.58 Å². The lowest BCUT2D eigenvalue weighted by Crippen LogP contribution is -2.07. The normalized spacial score (nSPS) is 10.4. The van der Waals surface area contributed by atoms with Gasteiger partial charge in [0.25, 0.3) is 0 Å². The molecule has 0 aliphatic rings. The van der Waals surface area contributed by atoms with Gasteiger partial charge in [-0.1, -0.05) is 18.7 Å². The van der Waals surface area contributed by atoms with E-state index in [0.717, 1.165) is 0 Å². The third-order valence-corrected chi connectivity index (χ3v) is 2.97. The molecule has 0 aromatic heterocycles. The Kier molecular flexibility index (Phi) is 4.03. The molecule has 4 nitrogen and oxygen atoms in total. The third kappa shape index (κ3) is 3.08. The number of hydrogen-bond donors (Lipinski definition) is 1. The van der Waals surface area contributed by atoms with E-state index in [1.165, 1.54) is 31.2 Å². The maximum absolute atomic E-state index is 13.4. The van der Waals surface area contributed by atoms with Crippen molar-refractivity contribution in [3.8, 4) is 5.75 Å². The molecule has 0 aliphatic carbocycles. The molecule has 0 heterocycles. The van der Waals surface area contributed by atoms with E-state index < -0.39 is 17.8 Å². The molecule has 0 unspecified atom stereocenters. The van der Waals surface area contributed by atoms with Crippen LogP contribution in [0, 0.1) is 5.82 Å². The summed E-state index contributed by atoms with van der Waals surface area (Å²) in [6, 6.07) is 5.64. The predicted molar refractivity (Wildman–Crippen MR) is 76.6 cm³/mol. The van der Waals surface area contributed by atoms with Crippen molar-refractivity contribution in [1.29, 1.82) is 0 Å². The van der Waals surface area contributed by atoms with E-state index in [1.807, 2.05) is 0 Å². The highest BCUT2D eigenvalue weighted by Crippen LogP contribution is 2.34. The van der Waals surface area contributed by atoms with Crippen molar-refractivity contribution >= 4 is 28.8 Å². The van der Waals surface area contributed by atoms with Crippen molar-refractivity contribution in [3.05, 3.63) is 47.8 Å². The van der Waals surface area contributed by atoms with E-state index in [0.29, 0.717) is 21.9 Å². The van der Waals surface area contributed by atoms with Crippen LogP contribution < -0.4 is 4.74 Å². The number of carbonyl (C=O) groups is 2. The number of halogens is 1. The smallest absolute Gasteiger partial charge is 0.308 e. The van der Waals surface area contributed by atoms with E-state index in [-0.39, 0.29) is 12.2 Å². The predicted octanol–water partition coefficient (Wildman–Crippen LogP) is 3.17. The SMILES string of the molecule is C=Cc1c(CC(=O)O)cc2ccc(F)cc2c1OC(C)=O. The van der Waals surface area contributed by atoms with Gasteiger partial charge in [-0.05, 0) is 29.1 Å². The molecule has 1 N–H and O–H groups in total. The standard InChI is InChI=1S/C16H13FO4/c1-3-13-11(7-15(19)20)6-10-4-5-12(17)8-14(10)16(13)21-9(2)18/h3-6,8H,1,7H2,2H3,(H,19,20). The third-order valence-electron chi connectivity index (χ3n) is 2.97. The Balaban J connectivity index is 2.81. The Morgan fingerprint density at radius 3 is 2.67 bits per heavy atom. The number of hydrogen-bond acceptors (Lipinski definition) is 3. The first kappa shape index (κ1) is 14.7. The Morgan fingerprint density at radius 2 is 2.10 bits per heavy atom. The van der Waals surface area contributed by atoms with Crippen LogP contribution in [0.5, 0.6) is 5.75 Å². The summed E-state index contributed by atoms with van der Waals surface area (Å²) in [5.74, 6) is -1.94. The fraction of sp³-hybridized carbons (Fsp3) is 0.125. The van der Waals surface area contributed by atoms with E-state index in [9.17, 15) is 14.0 Å². The van der Waals surface area contributed by atoms with Crippen LogP contribution in [-0.2, 0) is 16.0 Å². The summed E-state index contributed by atoms with van der Waals surface area (Å²) < 4.78 is 18.6. The maximum Gasteiger partial charge on any atom is 0.308 e. The lowest BCUT2D eigenvalue weighted by atomic mass is 9.97. The summed E-state index contributed by atoms with van der Waals surface area (Å²) in [7, 11) is 0. The first-order valence-corrected chi connectivity index (χ1v) is 6.20. The first-order chi connectivity index (χ1) is 9.92. The monoisotopic (exact) mass is 288 g/mol. The van der Waals surface area contributed by atoms with Gasteiger partial charge in [-0.25, -0.2) is 4.39 Å². The molecule has 0 amide bonds. The molecule has 108 valence electrons. The summed E-state index contributed by atoms with van der Waals surface area (Å²) in [4.78, 5) is 22.2. The van der Waals surface area contributed by atoms with Crippen LogP contribution in [0.15, 0.2) is 30.8 Å². The molecule has 0 radical (unpaired) electrons. The van der Waals surface area contributed by atoms with E-state index in [1.54, 1.807) is 6.07 Å². The zero-order valence-corrected chi connectivity index (χ0v) is 11.4. The molecule has 21 heavy (non-hydrogen) atoms. The van der Waals surface area contributed by atoms with Crippen LogP contribution in [0.2, 0.25) is 0 Å². The lowest BCUT2D eigenvalue weighted by Gasteiger charge is -2.14. The molecule has 0 saturated carbocycles. The Morgan fingerprint density at radius 1 is 1.38 bits per heavy atom. The number of carboxylic acids is 1. The minimum absolute atomic E-state index is 0.130. The molecular weight excluding hydrogens is 275 g/mol. The number of rotatable bonds is 4. The number of benzene rings is 2. The zero-order chi connectivity index (χ0) is 15.6. The quantitative estimate of drug-likeness (QED) is 0.693. The minimum Gasteiger partial charge on any atom is -0.481 e. The Labute approximate surface area is 120 Å². The average Bonchev–Trinajstić information content (AvgIpc) is 2.38. The van der Waals surface area contributed by atoms with Crippen LogP contribution in [0.25, 0.3) is 16.8 Å². The Hall–Kier alpha value is -2.69. The molecule has 0 fully saturated rings. The van der Waals surface area contributed by atoms with Gasteiger partial charge in [-0.2, -0.15) is 0 Å². The van der Waals surface area contributed by atoms with Gasteiger partial charge in [0, 0.05) is 17.9 Å². The number of carboxylic acid groups (broad SMARTS) is 1. The first-order valence-electron chi connectivity index (χ1n) is 6.20. The van der Waals surface area contributed by atoms with Crippen LogP contribution in [0.4, 0.5) is 4.39 Å². The maximum atomic E-state index is 13.4. The fourth-order valence-electron chi connectivity index (χ4n) is 2.19. The lowest BCUT2D eigenvalue weighted by molar-refractivity contribution is -0.136. The van der Waals surface area contributed by atoms with Crippen LogP contribution in [0.1, 0.15) is 18.1 Å². The number of carbonyl (C=O) groups excluding carboxylic acids is 1. The number of esters is 1. The van der Waals surface area contributed by atoms with Gasteiger partial charge in [0.15, 0.2) is 0 Å². The van der Waals surface area contributed by atoms with Gasteiger partial charge in [0.1, 0.15) is 11.6 Å². The topological polar surface area (TPSA) is 63.6 Å². The highest BCUT2D eigenvalue weighted by atomic mass is 19.1. The molecule has 0 atom stereocenters. The molecule has 0 aliphatic heterocycles. The fourth-order valence-corrected chi connectivity index (χ4v) is 2.19. The van der Waals surface area contributed by atoms with E-state index >= 15 is 0 Å².